The van der Waals surface area contributed by atoms with Crippen LogP contribution < -0.4 is 11.1 Å². The van der Waals surface area contributed by atoms with E-state index in [1.807, 2.05) is 12.1 Å². The van der Waals surface area contributed by atoms with Crippen molar-refractivity contribution in [2.45, 2.75) is 18.9 Å². The topological polar surface area (TPSA) is 54.2 Å². The summed E-state index contributed by atoms with van der Waals surface area (Å²) in [6.07, 6.45) is 5.78. The highest BCUT2D eigenvalue weighted by Crippen LogP contribution is 2.29. The first kappa shape index (κ1) is 13.1. The number of piperazine rings is 1. The van der Waals surface area contributed by atoms with Crippen molar-refractivity contribution in [3.8, 4) is 0 Å². The molecule has 0 spiro atoms. The Labute approximate surface area is 109 Å². The predicted octanol–water partition coefficient (Wildman–Crippen LogP) is 1.58. The summed E-state index contributed by atoms with van der Waals surface area (Å²) >= 11 is 0. The molecule has 2 rings (SSSR count). The van der Waals surface area contributed by atoms with Crippen LogP contribution in [0.3, 0.4) is 0 Å². The van der Waals surface area contributed by atoms with Crippen LogP contribution in [0.2, 0.25) is 0 Å². The summed E-state index contributed by atoms with van der Waals surface area (Å²) in [5.74, 6) is 0.657. The Morgan fingerprint density at radius 1 is 1.50 bits per heavy atom. The lowest BCUT2D eigenvalue weighted by atomic mass is 10.00. The molecule has 1 aliphatic rings. The van der Waals surface area contributed by atoms with E-state index in [4.69, 9.17) is 5.73 Å². The van der Waals surface area contributed by atoms with Crippen molar-refractivity contribution in [1.29, 1.82) is 0 Å². The standard InChI is InChI=1S/C14H22N4/c1-2-3-6-13(18-10-8-16-9-11-18)12-5-4-7-17-14(12)15/h2,4-5,7,13,16H,1,3,6,8-11H2,(H2,15,17)/t13-/m1/s1. The molecular formula is C14H22N4. The van der Waals surface area contributed by atoms with Gasteiger partial charge in [0.05, 0.1) is 0 Å². The van der Waals surface area contributed by atoms with E-state index in [2.05, 4.69) is 27.8 Å². The van der Waals surface area contributed by atoms with Gasteiger partial charge in [-0.05, 0) is 18.9 Å². The average molecular weight is 246 g/mol. The molecule has 0 aliphatic carbocycles. The third kappa shape index (κ3) is 3.09. The number of nitrogen functional groups attached to an aromatic ring is 1. The van der Waals surface area contributed by atoms with Crippen molar-refractivity contribution in [2.75, 3.05) is 31.9 Å². The lowest BCUT2D eigenvalue weighted by Gasteiger charge is -2.35. The largest absolute Gasteiger partial charge is 0.383 e. The van der Waals surface area contributed by atoms with Gasteiger partial charge in [-0.25, -0.2) is 4.98 Å². The molecule has 4 heteroatoms. The smallest absolute Gasteiger partial charge is 0.128 e. The molecule has 2 heterocycles. The van der Waals surface area contributed by atoms with Gasteiger partial charge >= 0.3 is 0 Å². The van der Waals surface area contributed by atoms with Crippen molar-refractivity contribution >= 4 is 5.82 Å². The Morgan fingerprint density at radius 3 is 2.94 bits per heavy atom. The summed E-state index contributed by atoms with van der Waals surface area (Å²) in [4.78, 5) is 6.71. The van der Waals surface area contributed by atoms with Crippen LogP contribution in [0.1, 0.15) is 24.4 Å². The van der Waals surface area contributed by atoms with Gasteiger partial charge in [-0.2, -0.15) is 0 Å². The predicted molar refractivity (Wildman–Crippen MR) is 75.3 cm³/mol. The maximum Gasteiger partial charge on any atom is 0.128 e. The van der Waals surface area contributed by atoms with E-state index in [0.29, 0.717) is 11.9 Å². The van der Waals surface area contributed by atoms with Gasteiger partial charge in [0.25, 0.3) is 0 Å². The maximum atomic E-state index is 6.02. The second-order valence-electron chi connectivity index (χ2n) is 4.65. The number of rotatable bonds is 5. The van der Waals surface area contributed by atoms with Gasteiger partial charge in [0.2, 0.25) is 0 Å². The van der Waals surface area contributed by atoms with Crippen LogP contribution in [0.25, 0.3) is 0 Å². The molecule has 98 valence electrons. The van der Waals surface area contributed by atoms with Crippen molar-refractivity contribution in [3.63, 3.8) is 0 Å². The molecule has 1 aromatic rings. The Bertz CT molecular complexity index is 385. The van der Waals surface area contributed by atoms with Crippen LogP contribution in [0.15, 0.2) is 31.0 Å². The lowest BCUT2D eigenvalue weighted by Crippen LogP contribution is -2.45. The molecule has 4 nitrogen and oxygen atoms in total. The quantitative estimate of drug-likeness (QED) is 0.774. The fraction of sp³-hybridized carbons (Fsp3) is 0.500. The number of nitrogens with zero attached hydrogens (tertiary/aromatic N) is 2. The van der Waals surface area contributed by atoms with Crippen LogP contribution in [0.4, 0.5) is 5.82 Å². The normalized spacial score (nSPS) is 18.4. The first-order valence-corrected chi connectivity index (χ1v) is 6.59. The third-order valence-electron chi connectivity index (χ3n) is 3.47. The highest BCUT2D eigenvalue weighted by Gasteiger charge is 2.23. The minimum Gasteiger partial charge on any atom is -0.383 e. The zero-order chi connectivity index (χ0) is 12.8. The highest BCUT2D eigenvalue weighted by atomic mass is 15.2. The van der Waals surface area contributed by atoms with Gasteiger partial charge in [0.1, 0.15) is 5.82 Å². The third-order valence-corrected chi connectivity index (χ3v) is 3.47. The molecule has 0 saturated carbocycles. The van der Waals surface area contributed by atoms with E-state index in [0.717, 1.165) is 44.6 Å². The Balaban J connectivity index is 2.18. The van der Waals surface area contributed by atoms with Crippen LogP contribution in [0.5, 0.6) is 0 Å². The highest BCUT2D eigenvalue weighted by molar-refractivity contribution is 5.41. The molecule has 3 N–H and O–H groups in total. The molecule has 1 fully saturated rings. The molecule has 18 heavy (non-hydrogen) atoms. The maximum absolute atomic E-state index is 6.02. The number of hydrogen-bond donors (Lipinski definition) is 2. The van der Waals surface area contributed by atoms with E-state index in [1.54, 1.807) is 6.20 Å². The van der Waals surface area contributed by atoms with Crippen LogP contribution in [-0.4, -0.2) is 36.1 Å². The fourth-order valence-corrected chi connectivity index (χ4v) is 2.52. The lowest BCUT2D eigenvalue weighted by molar-refractivity contribution is 0.166. The monoisotopic (exact) mass is 246 g/mol. The molecule has 1 saturated heterocycles. The average Bonchev–Trinajstić information content (AvgIpc) is 2.42. The van der Waals surface area contributed by atoms with Crippen LogP contribution >= 0.6 is 0 Å². The number of allylic oxidation sites excluding steroid dienone is 1. The summed E-state index contributed by atoms with van der Waals surface area (Å²) < 4.78 is 0. The minimum atomic E-state index is 0.360. The van der Waals surface area contributed by atoms with Gasteiger partial charge in [-0.1, -0.05) is 12.1 Å². The second kappa shape index (κ2) is 6.52. The van der Waals surface area contributed by atoms with Crippen LogP contribution in [0, 0.1) is 0 Å². The Hall–Kier alpha value is -1.39. The van der Waals surface area contributed by atoms with Crippen LogP contribution in [-0.2, 0) is 0 Å². The molecule has 0 bridgehead atoms. The molecular weight excluding hydrogens is 224 g/mol. The van der Waals surface area contributed by atoms with Crippen molar-refractivity contribution in [1.82, 2.24) is 15.2 Å². The van der Waals surface area contributed by atoms with E-state index < -0.39 is 0 Å². The molecule has 0 aromatic carbocycles. The first-order chi connectivity index (χ1) is 8.83. The van der Waals surface area contributed by atoms with E-state index >= 15 is 0 Å². The number of pyridine rings is 1. The van der Waals surface area contributed by atoms with Gasteiger partial charge in [-0.15, -0.1) is 6.58 Å². The molecule has 1 aromatic heterocycles. The number of nitrogens with two attached hydrogens (primary N) is 1. The summed E-state index contributed by atoms with van der Waals surface area (Å²) in [5, 5.41) is 3.38. The minimum absolute atomic E-state index is 0.360. The van der Waals surface area contributed by atoms with Gasteiger partial charge in [-0.3, -0.25) is 4.90 Å². The van der Waals surface area contributed by atoms with Gasteiger partial charge in [0, 0.05) is 44.0 Å². The molecule has 0 unspecified atom stereocenters. The van der Waals surface area contributed by atoms with Gasteiger partial charge < -0.3 is 11.1 Å². The number of hydrogen-bond acceptors (Lipinski definition) is 4. The van der Waals surface area contributed by atoms with Crippen molar-refractivity contribution in [3.05, 3.63) is 36.5 Å². The van der Waals surface area contributed by atoms with Crippen molar-refractivity contribution < 1.29 is 0 Å². The summed E-state index contributed by atoms with van der Waals surface area (Å²) in [6, 6.07) is 4.42. The number of nitrogens with one attached hydrogen (secondary N) is 1. The van der Waals surface area contributed by atoms with Crippen molar-refractivity contribution in [2.24, 2.45) is 0 Å². The molecule has 1 aliphatic heterocycles. The first-order valence-electron chi connectivity index (χ1n) is 6.59. The van der Waals surface area contributed by atoms with Gasteiger partial charge in [0.15, 0.2) is 0 Å². The zero-order valence-electron chi connectivity index (χ0n) is 10.8. The van der Waals surface area contributed by atoms with E-state index in [-0.39, 0.29) is 0 Å². The summed E-state index contributed by atoms with van der Waals surface area (Å²) in [7, 11) is 0. The molecule has 0 radical (unpaired) electrons. The molecule has 1 atom stereocenters. The SMILES string of the molecule is C=CCC[C@H](c1cccnc1N)N1CCNCC1. The summed E-state index contributed by atoms with van der Waals surface area (Å²) in [5.41, 5.74) is 7.17. The Kier molecular flexibility index (Phi) is 4.73. The number of aromatic nitrogens is 1. The van der Waals surface area contributed by atoms with E-state index in [1.165, 1.54) is 0 Å². The second-order valence-corrected chi connectivity index (χ2v) is 4.65. The zero-order valence-corrected chi connectivity index (χ0v) is 10.8. The number of anilines is 1. The molecule has 0 amide bonds. The fourth-order valence-electron chi connectivity index (χ4n) is 2.52. The Morgan fingerprint density at radius 2 is 2.28 bits per heavy atom. The summed E-state index contributed by atoms with van der Waals surface area (Å²) in [6.45, 7) is 8.04. The van der Waals surface area contributed by atoms with E-state index in [9.17, 15) is 0 Å².